The standard InChI is InChI=1S/C20H21N3O2S/c1-14-13-26-19(22-14)20(10-5-11-20)23-17(24)8-9-18-21-12-16(25-18)15-6-3-2-4-7-15/h2-4,6-7,12-13H,5,8-11H2,1H3,(H,23,24). The average molecular weight is 367 g/mol. The molecule has 0 bridgehead atoms. The van der Waals surface area contributed by atoms with E-state index in [4.69, 9.17) is 4.42 Å². The van der Waals surface area contributed by atoms with Crippen molar-refractivity contribution in [2.24, 2.45) is 0 Å². The van der Waals surface area contributed by atoms with E-state index >= 15 is 0 Å². The number of amides is 1. The zero-order valence-electron chi connectivity index (χ0n) is 14.7. The first kappa shape index (κ1) is 17.0. The van der Waals surface area contributed by atoms with Gasteiger partial charge in [-0.15, -0.1) is 11.3 Å². The van der Waals surface area contributed by atoms with Gasteiger partial charge in [-0.25, -0.2) is 9.97 Å². The van der Waals surface area contributed by atoms with Crippen LogP contribution in [-0.4, -0.2) is 15.9 Å². The molecular weight excluding hydrogens is 346 g/mol. The summed E-state index contributed by atoms with van der Waals surface area (Å²) in [5.74, 6) is 1.35. The van der Waals surface area contributed by atoms with Crippen LogP contribution < -0.4 is 5.32 Å². The highest BCUT2D eigenvalue weighted by Crippen LogP contribution is 2.42. The lowest BCUT2D eigenvalue weighted by atomic mass is 9.77. The fourth-order valence-corrected chi connectivity index (χ4v) is 4.22. The van der Waals surface area contributed by atoms with Crippen molar-refractivity contribution < 1.29 is 9.21 Å². The van der Waals surface area contributed by atoms with E-state index in [0.29, 0.717) is 18.7 Å². The van der Waals surface area contributed by atoms with Crippen molar-refractivity contribution in [2.75, 3.05) is 0 Å². The van der Waals surface area contributed by atoms with Crippen LogP contribution in [0.4, 0.5) is 0 Å². The van der Waals surface area contributed by atoms with Crippen LogP contribution in [0.1, 0.15) is 42.3 Å². The maximum Gasteiger partial charge on any atom is 0.221 e. The minimum Gasteiger partial charge on any atom is -0.441 e. The molecule has 4 rings (SSSR count). The number of rotatable bonds is 6. The van der Waals surface area contributed by atoms with Gasteiger partial charge >= 0.3 is 0 Å². The highest BCUT2D eigenvalue weighted by molar-refractivity contribution is 7.09. The van der Waals surface area contributed by atoms with Crippen LogP contribution in [0.3, 0.4) is 0 Å². The first-order valence-corrected chi connectivity index (χ1v) is 9.76. The van der Waals surface area contributed by atoms with E-state index in [1.807, 2.05) is 42.6 Å². The van der Waals surface area contributed by atoms with Gasteiger partial charge in [0.25, 0.3) is 0 Å². The summed E-state index contributed by atoms with van der Waals surface area (Å²) < 4.78 is 5.78. The number of benzene rings is 1. The molecule has 1 aliphatic rings. The van der Waals surface area contributed by atoms with Crippen molar-refractivity contribution >= 4 is 17.2 Å². The summed E-state index contributed by atoms with van der Waals surface area (Å²) in [7, 11) is 0. The van der Waals surface area contributed by atoms with Gasteiger partial charge in [-0.1, -0.05) is 30.3 Å². The quantitative estimate of drug-likeness (QED) is 0.708. The monoisotopic (exact) mass is 367 g/mol. The Labute approximate surface area is 156 Å². The van der Waals surface area contributed by atoms with Crippen molar-refractivity contribution in [3.8, 4) is 11.3 Å². The summed E-state index contributed by atoms with van der Waals surface area (Å²) >= 11 is 1.63. The Morgan fingerprint density at radius 3 is 2.77 bits per heavy atom. The normalized spacial score (nSPS) is 15.4. The number of nitrogens with one attached hydrogen (secondary N) is 1. The Kier molecular flexibility index (Phi) is 4.59. The van der Waals surface area contributed by atoms with Crippen LogP contribution in [-0.2, 0) is 16.8 Å². The number of thiazole rings is 1. The Balaban J connectivity index is 1.36. The summed E-state index contributed by atoms with van der Waals surface area (Å²) in [6.45, 7) is 1.99. The number of aromatic nitrogens is 2. The van der Waals surface area contributed by atoms with E-state index in [2.05, 4.69) is 15.3 Å². The summed E-state index contributed by atoms with van der Waals surface area (Å²) in [5, 5.41) is 6.27. The highest BCUT2D eigenvalue weighted by Gasteiger charge is 2.42. The maximum atomic E-state index is 12.5. The molecule has 1 fully saturated rings. The summed E-state index contributed by atoms with van der Waals surface area (Å²) in [5.41, 5.74) is 1.74. The van der Waals surface area contributed by atoms with Crippen molar-refractivity contribution in [1.82, 2.24) is 15.3 Å². The van der Waals surface area contributed by atoms with Gasteiger partial charge < -0.3 is 9.73 Å². The van der Waals surface area contributed by atoms with E-state index in [0.717, 1.165) is 41.3 Å². The minimum absolute atomic E-state index is 0.0250. The van der Waals surface area contributed by atoms with Gasteiger partial charge in [0.15, 0.2) is 11.7 Å². The lowest BCUT2D eigenvalue weighted by Crippen LogP contribution is -2.50. The van der Waals surface area contributed by atoms with Gasteiger partial charge in [0, 0.05) is 29.5 Å². The molecule has 26 heavy (non-hydrogen) atoms. The van der Waals surface area contributed by atoms with Crippen LogP contribution in [0.15, 0.2) is 46.3 Å². The lowest BCUT2D eigenvalue weighted by molar-refractivity contribution is -0.124. The second kappa shape index (κ2) is 7.03. The molecule has 1 amide bonds. The number of nitrogens with zero attached hydrogens (tertiary/aromatic N) is 2. The van der Waals surface area contributed by atoms with Crippen molar-refractivity contribution in [1.29, 1.82) is 0 Å². The molecule has 0 spiro atoms. The largest absolute Gasteiger partial charge is 0.441 e. The van der Waals surface area contributed by atoms with Crippen molar-refractivity contribution in [2.45, 2.75) is 44.6 Å². The number of hydrogen-bond donors (Lipinski definition) is 1. The number of carbonyl (C=O) groups excluding carboxylic acids is 1. The van der Waals surface area contributed by atoms with Crippen molar-refractivity contribution in [3.05, 3.63) is 58.5 Å². The Hall–Kier alpha value is -2.47. The lowest BCUT2D eigenvalue weighted by Gasteiger charge is -2.40. The molecule has 0 unspecified atom stereocenters. The van der Waals surface area contributed by atoms with Gasteiger partial charge in [0.05, 0.1) is 11.7 Å². The van der Waals surface area contributed by atoms with Gasteiger partial charge in [-0.3, -0.25) is 4.79 Å². The van der Waals surface area contributed by atoms with E-state index < -0.39 is 0 Å². The number of aryl methyl sites for hydroxylation is 2. The molecule has 1 aromatic carbocycles. The van der Waals surface area contributed by atoms with Gasteiger partial charge in [0.1, 0.15) is 5.01 Å². The molecule has 5 nitrogen and oxygen atoms in total. The van der Waals surface area contributed by atoms with Crippen LogP contribution in [0, 0.1) is 6.92 Å². The van der Waals surface area contributed by atoms with E-state index in [9.17, 15) is 4.79 Å². The SMILES string of the molecule is Cc1csc(C2(NC(=O)CCc3ncc(-c4ccccc4)o3)CCC2)n1. The zero-order valence-corrected chi connectivity index (χ0v) is 15.5. The molecule has 2 heterocycles. The third-order valence-electron chi connectivity index (χ3n) is 4.79. The second-order valence-electron chi connectivity index (χ2n) is 6.76. The Morgan fingerprint density at radius 2 is 2.12 bits per heavy atom. The second-order valence-corrected chi connectivity index (χ2v) is 7.62. The first-order valence-electron chi connectivity index (χ1n) is 8.88. The average Bonchev–Trinajstić information content (AvgIpc) is 3.26. The van der Waals surface area contributed by atoms with Crippen LogP contribution in [0.25, 0.3) is 11.3 Å². The van der Waals surface area contributed by atoms with Crippen molar-refractivity contribution in [3.63, 3.8) is 0 Å². The predicted octanol–water partition coefficient (Wildman–Crippen LogP) is 4.23. The topological polar surface area (TPSA) is 68.0 Å². The first-order chi connectivity index (χ1) is 12.6. The number of carbonyl (C=O) groups is 1. The molecule has 6 heteroatoms. The fourth-order valence-electron chi connectivity index (χ4n) is 3.21. The number of hydrogen-bond acceptors (Lipinski definition) is 5. The van der Waals surface area contributed by atoms with E-state index in [1.54, 1.807) is 17.5 Å². The summed E-state index contributed by atoms with van der Waals surface area (Å²) in [4.78, 5) is 21.4. The smallest absolute Gasteiger partial charge is 0.221 e. The van der Waals surface area contributed by atoms with Crippen LogP contribution >= 0.6 is 11.3 Å². The van der Waals surface area contributed by atoms with Crippen LogP contribution in [0.2, 0.25) is 0 Å². The molecule has 2 aromatic heterocycles. The van der Waals surface area contributed by atoms with Gasteiger partial charge in [-0.2, -0.15) is 0 Å². The Bertz CT molecular complexity index is 897. The summed E-state index contributed by atoms with van der Waals surface area (Å²) in [6, 6.07) is 9.85. The molecular formula is C20H21N3O2S. The fraction of sp³-hybridized carbons (Fsp3) is 0.350. The minimum atomic E-state index is -0.262. The molecule has 1 N–H and O–H groups in total. The molecule has 1 aliphatic carbocycles. The third kappa shape index (κ3) is 3.42. The molecule has 134 valence electrons. The van der Waals surface area contributed by atoms with E-state index in [-0.39, 0.29) is 11.4 Å². The van der Waals surface area contributed by atoms with Gasteiger partial charge in [-0.05, 0) is 26.2 Å². The summed E-state index contributed by atoms with van der Waals surface area (Å²) in [6.07, 6.45) is 5.62. The molecule has 0 atom stereocenters. The zero-order chi connectivity index (χ0) is 18.0. The predicted molar refractivity (Wildman–Crippen MR) is 101 cm³/mol. The van der Waals surface area contributed by atoms with E-state index in [1.165, 1.54) is 0 Å². The van der Waals surface area contributed by atoms with Gasteiger partial charge in [0.2, 0.25) is 5.91 Å². The molecule has 0 radical (unpaired) electrons. The molecule has 3 aromatic rings. The Morgan fingerprint density at radius 1 is 1.31 bits per heavy atom. The highest BCUT2D eigenvalue weighted by atomic mass is 32.1. The molecule has 0 aliphatic heterocycles. The third-order valence-corrected chi connectivity index (χ3v) is 5.96. The molecule has 1 saturated carbocycles. The van der Waals surface area contributed by atoms with Crippen LogP contribution in [0.5, 0.6) is 0 Å². The molecule has 0 saturated heterocycles. The maximum absolute atomic E-state index is 12.5. The number of oxazole rings is 1.